The van der Waals surface area contributed by atoms with Gasteiger partial charge in [0.15, 0.2) is 0 Å². The number of benzene rings is 1. The third-order valence-corrected chi connectivity index (χ3v) is 6.40. The normalized spacial score (nSPS) is 16.7. The molecule has 2 aromatic rings. The first-order valence-electron chi connectivity index (χ1n) is 11.3. The van der Waals surface area contributed by atoms with Gasteiger partial charge in [0.1, 0.15) is 11.9 Å². The Morgan fingerprint density at radius 1 is 1.12 bits per heavy atom. The van der Waals surface area contributed by atoms with E-state index < -0.39 is 22.5 Å². The van der Waals surface area contributed by atoms with Gasteiger partial charge in [-0.05, 0) is 67.3 Å². The highest BCUT2D eigenvalue weighted by Crippen LogP contribution is 2.31. The lowest BCUT2D eigenvalue weighted by Gasteiger charge is -2.16. The van der Waals surface area contributed by atoms with Crippen LogP contribution in [0.5, 0.6) is 5.75 Å². The van der Waals surface area contributed by atoms with Gasteiger partial charge in [0.25, 0.3) is 11.1 Å². The summed E-state index contributed by atoms with van der Waals surface area (Å²) < 4.78 is 11.0. The van der Waals surface area contributed by atoms with E-state index in [2.05, 4.69) is 18.0 Å². The van der Waals surface area contributed by atoms with E-state index in [-0.39, 0.29) is 6.10 Å². The molecule has 33 heavy (non-hydrogen) atoms. The van der Waals surface area contributed by atoms with Gasteiger partial charge >= 0.3 is 6.09 Å². The largest absolute Gasteiger partial charge is 0.493 e. The maximum absolute atomic E-state index is 12.6. The van der Waals surface area contributed by atoms with Crippen LogP contribution >= 0.6 is 11.8 Å². The lowest BCUT2D eigenvalue weighted by molar-refractivity contribution is -0.125. The topological polar surface area (TPSA) is 85.8 Å². The molecule has 1 aliphatic rings. The first kappa shape index (κ1) is 24.8. The summed E-state index contributed by atoms with van der Waals surface area (Å²) in [6.07, 6.45) is 4.21. The SMILES string of the molecule is CCCC(C)OC(=O)N1C(=O)SC(Cc2ccc(OCCc3ccc(CC)cn3)cc2)C1=O. The molecule has 0 spiro atoms. The fourth-order valence-corrected chi connectivity index (χ4v) is 4.46. The van der Waals surface area contributed by atoms with Crippen LogP contribution < -0.4 is 4.74 Å². The molecule has 2 heterocycles. The Bertz CT molecular complexity index is 962. The molecule has 0 aliphatic carbocycles. The lowest BCUT2D eigenvalue weighted by atomic mass is 10.1. The summed E-state index contributed by atoms with van der Waals surface area (Å²) in [6.45, 7) is 6.33. The van der Waals surface area contributed by atoms with Crippen molar-refractivity contribution in [2.45, 2.75) is 64.2 Å². The minimum Gasteiger partial charge on any atom is -0.493 e. The van der Waals surface area contributed by atoms with Crippen molar-refractivity contribution in [2.75, 3.05) is 6.61 Å². The summed E-state index contributed by atoms with van der Waals surface area (Å²) in [5, 5.41) is -1.23. The predicted molar refractivity (Wildman–Crippen MR) is 127 cm³/mol. The summed E-state index contributed by atoms with van der Waals surface area (Å²) in [4.78, 5) is 42.2. The van der Waals surface area contributed by atoms with Crippen molar-refractivity contribution in [1.29, 1.82) is 0 Å². The van der Waals surface area contributed by atoms with Crippen molar-refractivity contribution in [3.63, 3.8) is 0 Å². The zero-order valence-corrected chi connectivity index (χ0v) is 20.1. The molecule has 1 aromatic carbocycles. The molecule has 1 aromatic heterocycles. The number of aryl methyl sites for hydroxylation is 1. The summed E-state index contributed by atoms with van der Waals surface area (Å²) in [5.41, 5.74) is 3.08. The number of pyridine rings is 1. The molecule has 1 fully saturated rings. The second kappa shape index (κ2) is 11.8. The molecule has 0 radical (unpaired) electrons. The van der Waals surface area contributed by atoms with E-state index in [1.54, 1.807) is 6.92 Å². The van der Waals surface area contributed by atoms with Gasteiger partial charge in [-0.2, -0.15) is 4.90 Å². The fraction of sp³-hybridized carbons (Fsp3) is 0.440. The number of rotatable bonds is 10. The van der Waals surface area contributed by atoms with E-state index in [0.717, 1.165) is 41.6 Å². The number of carbonyl (C=O) groups excluding carboxylic acids is 3. The number of nitrogens with zero attached hydrogens (tertiary/aromatic N) is 2. The molecule has 3 amide bonds. The second-order valence-corrected chi connectivity index (χ2v) is 9.14. The van der Waals surface area contributed by atoms with Crippen LogP contribution in [0.25, 0.3) is 0 Å². The number of hydrogen-bond donors (Lipinski definition) is 0. The number of carbonyl (C=O) groups is 3. The van der Waals surface area contributed by atoms with Crippen molar-refractivity contribution in [1.82, 2.24) is 9.88 Å². The Morgan fingerprint density at radius 2 is 1.85 bits per heavy atom. The Kier molecular flexibility index (Phi) is 8.88. The van der Waals surface area contributed by atoms with Crippen LogP contribution in [-0.2, 0) is 28.8 Å². The number of ether oxygens (including phenoxy) is 2. The number of hydrogen-bond acceptors (Lipinski definition) is 7. The number of thioether (sulfide) groups is 1. The van der Waals surface area contributed by atoms with Crippen molar-refractivity contribution in [2.24, 2.45) is 0 Å². The quantitative estimate of drug-likeness (QED) is 0.472. The van der Waals surface area contributed by atoms with Gasteiger partial charge in [0.2, 0.25) is 0 Å². The molecule has 2 unspecified atom stereocenters. The average Bonchev–Trinajstić information content (AvgIpc) is 3.08. The Balaban J connectivity index is 1.49. The highest BCUT2D eigenvalue weighted by molar-refractivity contribution is 8.15. The van der Waals surface area contributed by atoms with Gasteiger partial charge < -0.3 is 9.47 Å². The highest BCUT2D eigenvalue weighted by Gasteiger charge is 2.44. The first-order valence-corrected chi connectivity index (χ1v) is 12.2. The molecule has 3 rings (SSSR count). The minimum atomic E-state index is -0.886. The van der Waals surface area contributed by atoms with Gasteiger partial charge in [-0.25, -0.2) is 4.79 Å². The molecule has 2 atom stereocenters. The molecule has 7 nitrogen and oxygen atoms in total. The summed E-state index contributed by atoms with van der Waals surface area (Å²) in [6, 6.07) is 11.5. The third-order valence-electron chi connectivity index (χ3n) is 5.37. The summed E-state index contributed by atoms with van der Waals surface area (Å²) >= 11 is 0.862. The van der Waals surface area contributed by atoms with Crippen molar-refractivity contribution < 1.29 is 23.9 Å². The van der Waals surface area contributed by atoms with Crippen LogP contribution in [0.15, 0.2) is 42.6 Å². The van der Waals surface area contributed by atoms with E-state index in [9.17, 15) is 14.4 Å². The van der Waals surface area contributed by atoms with Gasteiger partial charge in [-0.1, -0.05) is 38.5 Å². The molecule has 176 valence electrons. The Hall–Kier alpha value is -2.87. The third kappa shape index (κ3) is 6.81. The van der Waals surface area contributed by atoms with E-state index >= 15 is 0 Å². The molecular weight excluding hydrogens is 440 g/mol. The first-order chi connectivity index (χ1) is 15.9. The maximum atomic E-state index is 12.6. The van der Waals surface area contributed by atoms with Gasteiger partial charge in [-0.15, -0.1) is 0 Å². The van der Waals surface area contributed by atoms with Crippen molar-refractivity contribution in [3.8, 4) is 5.75 Å². The molecular formula is C25H30N2O5S. The smallest absolute Gasteiger partial charge is 0.424 e. The average molecular weight is 471 g/mol. The van der Waals surface area contributed by atoms with Crippen LogP contribution in [0.4, 0.5) is 9.59 Å². The van der Waals surface area contributed by atoms with Crippen molar-refractivity contribution in [3.05, 3.63) is 59.4 Å². The maximum Gasteiger partial charge on any atom is 0.424 e. The van der Waals surface area contributed by atoms with Crippen LogP contribution in [0, 0.1) is 0 Å². The molecule has 0 saturated carbocycles. The monoisotopic (exact) mass is 470 g/mol. The fourth-order valence-electron chi connectivity index (χ4n) is 3.46. The van der Waals surface area contributed by atoms with Crippen LogP contribution in [-0.4, -0.2) is 45.1 Å². The minimum absolute atomic E-state index is 0.342. The molecule has 1 aliphatic heterocycles. The zero-order valence-electron chi connectivity index (χ0n) is 19.3. The van der Waals surface area contributed by atoms with Crippen LogP contribution in [0.1, 0.15) is 50.4 Å². The van der Waals surface area contributed by atoms with E-state index in [0.29, 0.717) is 30.8 Å². The number of aromatic nitrogens is 1. The van der Waals surface area contributed by atoms with Crippen LogP contribution in [0.2, 0.25) is 0 Å². The van der Waals surface area contributed by atoms with Gasteiger partial charge in [0.05, 0.1) is 11.9 Å². The zero-order chi connectivity index (χ0) is 23.8. The molecule has 0 bridgehead atoms. The Labute approximate surface area is 198 Å². The van der Waals surface area contributed by atoms with Gasteiger partial charge in [0, 0.05) is 18.3 Å². The Morgan fingerprint density at radius 3 is 2.48 bits per heavy atom. The van der Waals surface area contributed by atoms with E-state index in [1.807, 2.05) is 43.5 Å². The number of amides is 3. The highest BCUT2D eigenvalue weighted by atomic mass is 32.2. The van der Waals surface area contributed by atoms with Crippen LogP contribution in [0.3, 0.4) is 0 Å². The molecule has 8 heteroatoms. The predicted octanol–water partition coefficient (Wildman–Crippen LogP) is 5.20. The lowest BCUT2D eigenvalue weighted by Crippen LogP contribution is -2.39. The van der Waals surface area contributed by atoms with Gasteiger partial charge in [-0.3, -0.25) is 14.6 Å². The summed E-state index contributed by atoms with van der Waals surface area (Å²) in [7, 11) is 0. The van der Waals surface area contributed by atoms with E-state index in [4.69, 9.17) is 9.47 Å². The summed E-state index contributed by atoms with van der Waals surface area (Å²) in [5.74, 6) is 0.195. The van der Waals surface area contributed by atoms with E-state index in [1.165, 1.54) is 5.56 Å². The standard InChI is InChI=1S/C25H30N2O5S/c1-4-6-17(3)32-24(29)27-23(28)22(33-25(27)30)15-19-8-11-21(12-9-19)31-14-13-20-10-7-18(5-2)16-26-20/h7-12,16-17,22H,4-6,13-15H2,1-3H3. The van der Waals surface area contributed by atoms with Crippen molar-refractivity contribution >= 4 is 29.0 Å². The number of imide groups is 3. The molecule has 0 N–H and O–H groups in total. The second-order valence-electron chi connectivity index (χ2n) is 7.99. The molecule has 1 saturated heterocycles.